The normalized spacial score (nSPS) is 25.9. The van der Waals surface area contributed by atoms with Gasteiger partial charge < -0.3 is 10.7 Å². The maximum Gasteiger partial charge on any atom is 0.258 e. The van der Waals surface area contributed by atoms with Crippen LogP contribution in [0.5, 0.6) is 0 Å². The summed E-state index contributed by atoms with van der Waals surface area (Å²) in [6.07, 6.45) is 2.32. The highest BCUT2D eigenvalue weighted by Gasteiger charge is 2.38. The van der Waals surface area contributed by atoms with Crippen LogP contribution in [0.25, 0.3) is 0 Å². The van der Waals surface area contributed by atoms with E-state index in [9.17, 15) is 8.42 Å². The largest absolute Gasteiger partial charge is 0.351 e. The van der Waals surface area contributed by atoms with E-state index in [0.29, 0.717) is 19.5 Å². The Morgan fingerprint density at radius 1 is 1.53 bits per heavy atom. The summed E-state index contributed by atoms with van der Waals surface area (Å²) in [5.41, 5.74) is 5.82. The maximum absolute atomic E-state index is 12.3. The topological polar surface area (TPSA) is 79.2 Å². The first kappa shape index (κ1) is 12.6. The average Bonchev–Trinajstić information content (AvgIpc) is 2.75. The standard InChI is InChI=1S/C11H19N3O2S/c1-11(2)8-14(7-5-9(11)12)17(15,16)10-4-3-6-13-10/h3-4,6,9,13H,5,7-8,12H2,1-2H3. The number of nitrogens with two attached hydrogens (primary N) is 1. The van der Waals surface area contributed by atoms with E-state index in [-0.39, 0.29) is 16.5 Å². The summed E-state index contributed by atoms with van der Waals surface area (Å²) in [6, 6.07) is 3.32. The van der Waals surface area contributed by atoms with E-state index in [4.69, 9.17) is 5.73 Å². The first-order valence-corrected chi connectivity index (χ1v) is 7.17. The van der Waals surface area contributed by atoms with E-state index in [1.807, 2.05) is 13.8 Å². The number of H-pyrrole nitrogens is 1. The lowest BCUT2D eigenvalue weighted by atomic mass is 9.81. The molecule has 0 amide bonds. The summed E-state index contributed by atoms with van der Waals surface area (Å²) in [5, 5.41) is 0.253. The lowest BCUT2D eigenvalue weighted by molar-refractivity contribution is 0.155. The molecule has 0 saturated carbocycles. The second-order valence-electron chi connectivity index (χ2n) is 5.26. The second kappa shape index (κ2) is 4.12. The van der Waals surface area contributed by atoms with Crippen LogP contribution in [-0.2, 0) is 10.0 Å². The van der Waals surface area contributed by atoms with Gasteiger partial charge in [0.1, 0.15) is 5.03 Å². The van der Waals surface area contributed by atoms with Gasteiger partial charge in [-0.05, 0) is 24.0 Å². The van der Waals surface area contributed by atoms with Crippen LogP contribution >= 0.6 is 0 Å². The number of nitrogens with zero attached hydrogens (tertiary/aromatic N) is 1. The maximum atomic E-state index is 12.3. The molecule has 17 heavy (non-hydrogen) atoms. The third-order valence-electron chi connectivity index (χ3n) is 3.46. The summed E-state index contributed by atoms with van der Waals surface area (Å²) in [6.45, 7) is 4.98. The molecule has 0 radical (unpaired) electrons. The molecule has 96 valence electrons. The first-order chi connectivity index (χ1) is 7.84. The average molecular weight is 257 g/mol. The van der Waals surface area contributed by atoms with Crippen molar-refractivity contribution in [3.63, 3.8) is 0 Å². The summed E-state index contributed by atoms with van der Waals surface area (Å²) >= 11 is 0. The number of aromatic amines is 1. The van der Waals surface area contributed by atoms with Crippen LogP contribution in [0.1, 0.15) is 20.3 Å². The van der Waals surface area contributed by atoms with Crippen LogP contribution < -0.4 is 5.73 Å². The SMILES string of the molecule is CC1(C)CN(S(=O)(=O)c2ccc[nH]2)CCC1N. The Bertz CT molecular complexity index is 479. The molecule has 1 unspecified atom stereocenters. The van der Waals surface area contributed by atoms with Crippen LogP contribution in [0, 0.1) is 5.41 Å². The molecule has 0 aliphatic carbocycles. The quantitative estimate of drug-likeness (QED) is 0.821. The molecule has 3 N–H and O–H groups in total. The predicted molar refractivity (Wildman–Crippen MR) is 65.9 cm³/mol. The zero-order chi connectivity index (χ0) is 12.7. The van der Waals surface area contributed by atoms with Gasteiger partial charge in [-0.2, -0.15) is 4.31 Å². The van der Waals surface area contributed by atoms with E-state index < -0.39 is 10.0 Å². The molecule has 2 heterocycles. The number of sulfonamides is 1. The molecule has 1 atom stereocenters. The Kier molecular flexibility index (Phi) is 3.05. The minimum Gasteiger partial charge on any atom is -0.351 e. The second-order valence-corrected chi connectivity index (χ2v) is 7.16. The van der Waals surface area contributed by atoms with Gasteiger partial charge in [-0.1, -0.05) is 13.8 Å². The molecule has 1 aliphatic heterocycles. The van der Waals surface area contributed by atoms with Crippen molar-refractivity contribution in [3.05, 3.63) is 18.3 Å². The van der Waals surface area contributed by atoms with Gasteiger partial charge in [-0.25, -0.2) is 8.42 Å². The molecule has 1 aliphatic rings. The minimum absolute atomic E-state index is 0.0533. The Morgan fingerprint density at radius 3 is 2.76 bits per heavy atom. The predicted octanol–water partition coefficient (Wildman–Crippen LogP) is 0.763. The van der Waals surface area contributed by atoms with E-state index in [2.05, 4.69) is 4.98 Å². The van der Waals surface area contributed by atoms with Crippen molar-refractivity contribution in [2.24, 2.45) is 11.1 Å². The van der Waals surface area contributed by atoms with Gasteiger partial charge in [-0.15, -0.1) is 0 Å². The molecule has 1 aromatic heterocycles. The van der Waals surface area contributed by atoms with Crippen molar-refractivity contribution in [3.8, 4) is 0 Å². The molecule has 1 fully saturated rings. The monoisotopic (exact) mass is 257 g/mol. The number of rotatable bonds is 2. The third kappa shape index (κ3) is 2.25. The van der Waals surface area contributed by atoms with Crippen LogP contribution in [0.2, 0.25) is 0 Å². The smallest absolute Gasteiger partial charge is 0.258 e. The summed E-state index contributed by atoms with van der Waals surface area (Å²) in [4.78, 5) is 2.75. The molecule has 6 heteroatoms. The highest BCUT2D eigenvalue weighted by Crippen LogP contribution is 2.30. The molecule has 1 aromatic rings. The van der Waals surface area contributed by atoms with Crippen molar-refractivity contribution >= 4 is 10.0 Å². The van der Waals surface area contributed by atoms with Crippen molar-refractivity contribution in [2.75, 3.05) is 13.1 Å². The molecule has 0 bridgehead atoms. The number of hydrogen-bond acceptors (Lipinski definition) is 3. The number of hydrogen-bond donors (Lipinski definition) is 2. The lowest BCUT2D eigenvalue weighted by Crippen LogP contribution is -2.53. The van der Waals surface area contributed by atoms with Crippen LogP contribution in [0.15, 0.2) is 23.4 Å². The van der Waals surface area contributed by atoms with Gasteiger partial charge in [0.25, 0.3) is 10.0 Å². The van der Waals surface area contributed by atoms with Gasteiger partial charge in [-0.3, -0.25) is 0 Å². The van der Waals surface area contributed by atoms with Gasteiger partial charge in [0.2, 0.25) is 0 Å². The fourth-order valence-corrected chi connectivity index (χ4v) is 3.74. The van der Waals surface area contributed by atoms with Crippen molar-refractivity contribution in [1.82, 2.24) is 9.29 Å². The molecule has 2 rings (SSSR count). The van der Waals surface area contributed by atoms with Gasteiger partial charge >= 0.3 is 0 Å². The Balaban J connectivity index is 2.25. The fourth-order valence-electron chi connectivity index (χ4n) is 2.14. The fraction of sp³-hybridized carbons (Fsp3) is 0.636. The van der Waals surface area contributed by atoms with E-state index in [1.54, 1.807) is 18.3 Å². The van der Waals surface area contributed by atoms with Gasteiger partial charge in [0, 0.05) is 25.3 Å². The number of nitrogens with one attached hydrogen (secondary N) is 1. The highest BCUT2D eigenvalue weighted by atomic mass is 32.2. The third-order valence-corrected chi connectivity index (χ3v) is 5.27. The Labute approximate surface area is 102 Å². The van der Waals surface area contributed by atoms with E-state index in [0.717, 1.165) is 0 Å². The zero-order valence-corrected chi connectivity index (χ0v) is 11.0. The molecular formula is C11H19N3O2S. The van der Waals surface area contributed by atoms with Crippen LogP contribution in [0.3, 0.4) is 0 Å². The van der Waals surface area contributed by atoms with E-state index in [1.165, 1.54) is 4.31 Å². The van der Waals surface area contributed by atoms with Crippen molar-refractivity contribution < 1.29 is 8.42 Å². The molecular weight excluding hydrogens is 238 g/mol. The molecule has 1 saturated heterocycles. The number of piperidine rings is 1. The molecule has 0 spiro atoms. The summed E-state index contributed by atoms with van der Waals surface area (Å²) in [5.74, 6) is 0. The van der Waals surface area contributed by atoms with Crippen LogP contribution in [-0.4, -0.2) is 36.8 Å². The van der Waals surface area contributed by atoms with Crippen LogP contribution in [0.4, 0.5) is 0 Å². The highest BCUT2D eigenvalue weighted by molar-refractivity contribution is 7.89. The Hall–Kier alpha value is -0.850. The molecule has 0 aromatic carbocycles. The van der Waals surface area contributed by atoms with Crippen molar-refractivity contribution in [1.29, 1.82) is 0 Å². The van der Waals surface area contributed by atoms with Gasteiger partial charge in [0.15, 0.2) is 0 Å². The first-order valence-electron chi connectivity index (χ1n) is 5.73. The minimum atomic E-state index is -3.39. The van der Waals surface area contributed by atoms with E-state index >= 15 is 0 Å². The summed E-state index contributed by atoms with van der Waals surface area (Å²) in [7, 11) is -3.39. The van der Waals surface area contributed by atoms with Crippen molar-refractivity contribution in [2.45, 2.75) is 31.3 Å². The number of aromatic nitrogens is 1. The summed E-state index contributed by atoms with van der Waals surface area (Å²) < 4.78 is 26.1. The van der Waals surface area contributed by atoms with Gasteiger partial charge in [0.05, 0.1) is 0 Å². The zero-order valence-electron chi connectivity index (χ0n) is 10.2. The lowest BCUT2D eigenvalue weighted by Gasteiger charge is -2.41. The Morgan fingerprint density at radius 2 is 2.24 bits per heavy atom. The molecule has 5 nitrogen and oxygen atoms in total.